The van der Waals surface area contributed by atoms with Gasteiger partial charge in [-0.25, -0.2) is 4.98 Å². The summed E-state index contributed by atoms with van der Waals surface area (Å²) in [7, 11) is 1.70. The fraction of sp³-hybridized carbons (Fsp3) is 0.259. The SMILES string of the molecule is COc1ccc2c3ccncc3n3c(-c4c(C(C)C)cccc4C(C)C)cnc3c2c1. The van der Waals surface area contributed by atoms with E-state index in [1.54, 1.807) is 7.11 Å². The van der Waals surface area contributed by atoms with Crippen molar-refractivity contribution in [1.82, 2.24) is 14.4 Å². The number of fused-ring (bicyclic) bond motifs is 6. The van der Waals surface area contributed by atoms with Gasteiger partial charge >= 0.3 is 0 Å². The van der Waals surface area contributed by atoms with Crippen LogP contribution >= 0.6 is 0 Å². The number of nitrogens with zero attached hydrogens (tertiary/aromatic N) is 3. The summed E-state index contributed by atoms with van der Waals surface area (Å²) in [5.74, 6) is 1.64. The van der Waals surface area contributed by atoms with Gasteiger partial charge in [-0.05, 0) is 52.6 Å². The molecule has 5 rings (SSSR count). The van der Waals surface area contributed by atoms with E-state index < -0.39 is 0 Å². The summed E-state index contributed by atoms with van der Waals surface area (Å²) in [6.07, 6.45) is 5.83. The molecule has 5 aromatic rings. The molecule has 0 atom stereocenters. The Morgan fingerprint density at radius 3 is 2.26 bits per heavy atom. The first kappa shape index (κ1) is 19.6. The van der Waals surface area contributed by atoms with Gasteiger partial charge in [-0.15, -0.1) is 0 Å². The molecule has 0 spiro atoms. The van der Waals surface area contributed by atoms with Crippen molar-refractivity contribution in [1.29, 1.82) is 0 Å². The van der Waals surface area contributed by atoms with Gasteiger partial charge in [0.25, 0.3) is 0 Å². The summed E-state index contributed by atoms with van der Waals surface area (Å²) < 4.78 is 7.80. The van der Waals surface area contributed by atoms with E-state index in [-0.39, 0.29) is 0 Å². The Morgan fingerprint density at radius 1 is 0.839 bits per heavy atom. The summed E-state index contributed by atoms with van der Waals surface area (Å²) in [5, 5.41) is 3.40. The molecule has 31 heavy (non-hydrogen) atoms. The summed E-state index contributed by atoms with van der Waals surface area (Å²) in [6.45, 7) is 9.02. The van der Waals surface area contributed by atoms with Crippen LogP contribution in [0.15, 0.2) is 61.1 Å². The first-order valence-corrected chi connectivity index (χ1v) is 10.8. The van der Waals surface area contributed by atoms with Crippen molar-refractivity contribution in [2.75, 3.05) is 7.11 Å². The first-order chi connectivity index (χ1) is 15.0. The predicted molar refractivity (Wildman–Crippen MR) is 128 cm³/mol. The van der Waals surface area contributed by atoms with Crippen molar-refractivity contribution < 1.29 is 4.74 Å². The van der Waals surface area contributed by atoms with Gasteiger partial charge in [-0.3, -0.25) is 9.38 Å². The van der Waals surface area contributed by atoms with Crippen molar-refractivity contribution in [3.05, 3.63) is 72.2 Å². The molecular weight excluding hydrogens is 382 g/mol. The average molecular weight is 410 g/mol. The lowest BCUT2D eigenvalue weighted by atomic mass is 9.87. The smallest absolute Gasteiger partial charge is 0.145 e. The molecule has 0 unspecified atom stereocenters. The van der Waals surface area contributed by atoms with E-state index in [1.807, 2.05) is 24.7 Å². The molecule has 4 nitrogen and oxygen atoms in total. The largest absolute Gasteiger partial charge is 0.497 e. The maximum atomic E-state index is 5.53. The summed E-state index contributed by atoms with van der Waals surface area (Å²) in [6, 6.07) is 15.0. The van der Waals surface area contributed by atoms with Crippen molar-refractivity contribution >= 4 is 27.3 Å². The second kappa shape index (κ2) is 7.38. The van der Waals surface area contributed by atoms with Gasteiger partial charge in [0.15, 0.2) is 0 Å². The number of pyridine rings is 2. The van der Waals surface area contributed by atoms with Crippen LogP contribution in [0.4, 0.5) is 0 Å². The highest BCUT2D eigenvalue weighted by Crippen LogP contribution is 2.39. The van der Waals surface area contributed by atoms with Gasteiger partial charge in [0.1, 0.15) is 11.4 Å². The quantitative estimate of drug-likeness (QED) is 0.301. The van der Waals surface area contributed by atoms with Gasteiger partial charge in [-0.1, -0.05) is 45.9 Å². The van der Waals surface area contributed by atoms with Gasteiger partial charge in [-0.2, -0.15) is 0 Å². The highest BCUT2D eigenvalue weighted by molar-refractivity contribution is 6.12. The highest BCUT2D eigenvalue weighted by atomic mass is 16.5. The Labute approximate surface area is 182 Å². The molecule has 0 radical (unpaired) electrons. The van der Waals surface area contributed by atoms with Gasteiger partial charge in [0.2, 0.25) is 0 Å². The molecule has 0 aliphatic heterocycles. The topological polar surface area (TPSA) is 39.4 Å². The monoisotopic (exact) mass is 409 g/mol. The third kappa shape index (κ3) is 2.97. The Kier molecular flexibility index (Phi) is 4.66. The second-order valence-corrected chi connectivity index (χ2v) is 8.73. The van der Waals surface area contributed by atoms with Crippen LogP contribution in [0, 0.1) is 0 Å². The molecule has 2 aromatic carbocycles. The van der Waals surface area contributed by atoms with E-state index in [2.05, 4.69) is 73.5 Å². The molecule has 0 fully saturated rings. The third-order valence-corrected chi connectivity index (χ3v) is 6.19. The van der Waals surface area contributed by atoms with E-state index in [0.717, 1.165) is 38.8 Å². The summed E-state index contributed by atoms with van der Waals surface area (Å²) >= 11 is 0. The van der Waals surface area contributed by atoms with E-state index in [4.69, 9.17) is 9.72 Å². The van der Waals surface area contributed by atoms with Crippen LogP contribution in [-0.4, -0.2) is 21.5 Å². The average Bonchev–Trinajstić information content (AvgIpc) is 3.23. The van der Waals surface area contributed by atoms with E-state index in [1.165, 1.54) is 16.7 Å². The molecule has 0 bridgehead atoms. The van der Waals surface area contributed by atoms with Crippen molar-refractivity contribution in [3.63, 3.8) is 0 Å². The van der Waals surface area contributed by atoms with E-state index >= 15 is 0 Å². The van der Waals surface area contributed by atoms with Crippen molar-refractivity contribution in [2.45, 2.75) is 39.5 Å². The minimum Gasteiger partial charge on any atom is -0.497 e. The number of aromatic nitrogens is 3. The lowest BCUT2D eigenvalue weighted by Gasteiger charge is -2.20. The Bertz CT molecular complexity index is 1400. The summed E-state index contributed by atoms with van der Waals surface area (Å²) in [5.41, 5.74) is 7.08. The maximum Gasteiger partial charge on any atom is 0.145 e. The zero-order chi connectivity index (χ0) is 21.7. The molecule has 3 aromatic heterocycles. The fourth-order valence-corrected chi connectivity index (χ4v) is 4.67. The second-order valence-electron chi connectivity index (χ2n) is 8.73. The molecule has 0 saturated carbocycles. The Balaban J connectivity index is 1.99. The fourth-order valence-electron chi connectivity index (χ4n) is 4.67. The number of benzene rings is 2. The molecule has 156 valence electrons. The summed E-state index contributed by atoms with van der Waals surface area (Å²) in [4.78, 5) is 9.39. The van der Waals surface area contributed by atoms with Crippen molar-refractivity contribution in [3.8, 4) is 17.0 Å². The maximum absolute atomic E-state index is 5.53. The highest BCUT2D eigenvalue weighted by Gasteiger charge is 2.21. The number of methoxy groups -OCH3 is 1. The zero-order valence-electron chi connectivity index (χ0n) is 18.7. The number of rotatable bonds is 4. The van der Waals surface area contributed by atoms with Crippen LogP contribution in [0.2, 0.25) is 0 Å². The number of hydrogen-bond donors (Lipinski definition) is 0. The molecule has 0 amide bonds. The molecule has 0 N–H and O–H groups in total. The third-order valence-electron chi connectivity index (χ3n) is 6.19. The molecule has 0 saturated heterocycles. The standard InChI is InChI=1S/C27H27N3O/c1-16(2)19-7-6-8-20(17(3)4)26(19)25-15-29-27-23-13-18(31-5)9-10-21(23)22-11-12-28-14-24(22)30(25)27/h6-17H,1-5H3. The lowest BCUT2D eigenvalue weighted by molar-refractivity contribution is 0.415. The molecule has 4 heteroatoms. The Morgan fingerprint density at radius 2 is 1.58 bits per heavy atom. The molecule has 3 heterocycles. The van der Waals surface area contributed by atoms with Crippen LogP contribution in [0.5, 0.6) is 5.75 Å². The number of hydrogen-bond acceptors (Lipinski definition) is 3. The normalized spacial score (nSPS) is 12.0. The zero-order valence-corrected chi connectivity index (χ0v) is 18.7. The van der Waals surface area contributed by atoms with Crippen LogP contribution in [0.25, 0.3) is 38.6 Å². The van der Waals surface area contributed by atoms with Crippen LogP contribution in [0.3, 0.4) is 0 Å². The van der Waals surface area contributed by atoms with Crippen LogP contribution in [-0.2, 0) is 0 Å². The van der Waals surface area contributed by atoms with E-state index in [0.29, 0.717) is 11.8 Å². The first-order valence-electron chi connectivity index (χ1n) is 10.8. The minimum atomic E-state index is 0.407. The Hall–Kier alpha value is -3.40. The minimum absolute atomic E-state index is 0.407. The predicted octanol–water partition coefficient (Wildman–Crippen LogP) is 6.96. The lowest BCUT2D eigenvalue weighted by Crippen LogP contribution is -2.02. The molecular formula is C27H27N3O. The molecule has 0 aliphatic carbocycles. The van der Waals surface area contributed by atoms with Crippen molar-refractivity contribution in [2.24, 2.45) is 0 Å². The van der Waals surface area contributed by atoms with Crippen LogP contribution in [0.1, 0.15) is 50.7 Å². The van der Waals surface area contributed by atoms with Gasteiger partial charge in [0, 0.05) is 22.5 Å². The number of ether oxygens (including phenoxy) is 1. The number of imidazole rings is 1. The van der Waals surface area contributed by atoms with Gasteiger partial charge < -0.3 is 4.74 Å². The molecule has 0 aliphatic rings. The van der Waals surface area contributed by atoms with Crippen LogP contribution < -0.4 is 4.74 Å². The van der Waals surface area contributed by atoms with Gasteiger partial charge in [0.05, 0.1) is 30.7 Å². The van der Waals surface area contributed by atoms with E-state index in [9.17, 15) is 0 Å².